The van der Waals surface area contributed by atoms with Crippen LogP contribution in [0.3, 0.4) is 0 Å². The lowest BCUT2D eigenvalue weighted by molar-refractivity contribution is 0.569. The van der Waals surface area contributed by atoms with Crippen LogP contribution in [0.1, 0.15) is 20.8 Å². The molecule has 0 rings (SSSR count). The molecule has 0 aromatic carbocycles. The second kappa shape index (κ2) is 1.92. The molecule has 7 heavy (non-hydrogen) atoms. The molecule has 0 bridgehead atoms. The van der Waals surface area contributed by atoms with E-state index in [1.165, 1.54) is 0 Å². The maximum atomic E-state index is 10.6. The first kappa shape index (κ1) is 7.10. The molecule has 1 unspecified atom stereocenters. The average molecular weight is 119 g/mol. The van der Waals surface area contributed by atoms with Crippen molar-refractivity contribution in [2.75, 3.05) is 6.66 Å². The summed E-state index contributed by atoms with van der Waals surface area (Å²) < 4.78 is 10.6. The summed E-state index contributed by atoms with van der Waals surface area (Å²) in [6.07, 6.45) is 0. The standard InChI is InChI=1S/C5H12OP/c1-5(2,3)7(4)6/h1-4H3. The summed E-state index contributed by atoms with van der Waals surface area (Å²) in [6, 6.07) is 0. The highest BCUT2D eigenvalue weighted by atomic mass is 31.1. The van der Waals surface area contributed by atoms with Crippen molar-refractivity contribution >= 4 is 7.80 Å². The van der Waals surface area contributed by atoms with Crippen LogP contribution in [0.2, 0.25) is 0 Å². The van der Waals surface area contributed by atoms with Crippen molar-refractivity contribution in [1.29, 1.82) is 0 Å². The lowest BCUT2D eigenvalue weighted by Gasteiger charge is -2.11. The maximum absolute atomic E-state index is 10.6. The Kier molecular flexibility index (Phi) is 1.94. The van der Waals surface area contributed by atoms with E-state index < -0.39 is 7.80 Å². The maximum Gasteiger partial charge on any atom is 0.0741 e. The first-order valence-corrected chi connectivity index (χ1v) is 4.06. The molecule has 1 atom stereocenters. The number of hydrogen-bond acceptors (Lipinski definition) is 1. The van der Waals surface area contributed by atoms with Gasteiger partial charge in [0.15, 0.2) is 0 Å². The van der Waals surface area contributed by atoms with Crippen LogP contribution in [0.4, 0.5) is 0 Å². The van der Waals surface area contributed by atoms with Gasteiger partial charge in [-0.2, -0.15) is 0 Å². The highest BCUT2D eigenvalue weighted by molar-refractivity contribution is 7.45. The minimum Gasteiger partial charge on any atom is -0.287 e. The van der Waals surface area contributed by atoms with Gasteiger partial charge in [0.05, 0.1) is 7.80 Å². The van der Waals surface area contributed by atoms with E-state index in [9.17, 15) is 4.57 Å². The molecular formula is C5H12OP. The van der Waals surface area contributed by atoms with Gasteiger partial charge in [0.2, 0.25) is 0 Å². The van der Waals surface area contributed by atoms with Crippen LogP contribution < -0.4 is 0 Å². The Labute approximate surface area is 45.9 Å². The largest absolute Gasteiger partial charge is 0.287 e. The van der Waals surface area contributed by atoms with Gasteiger partial charge in [-0.3, -0.25) is 4.57 Å². The molecule has 0 heterocycles. The van der Waals surface area contributed by atoms with Crippen LogP contribution in [0.15, 0.2) is 0 Å². The molecule has 43 valence electrons. The van der Waals surface area contributed by atoms with Crippen LogP contribution in [0.25, 0.3) is 0 Å². The van der Waals surface area contributed by atoms with Crippen molar-refractivity contribution < 1.29 is 4.57 Å². The zero-order valence-electron chi connectivity index (χ0n) is 5.36. The summed E-state index contributed by atoms with van der Waals surface area (Å²) >= 11 is 0. The molecular weight excluding hydrogens is 107 g/mol. The SMILES string of the molecule is C[P](=O)C(C)(C)C. The third kappa shape index (κ3) is 2.76. The Bertz CT molecular complexity index is 80.6. The Morgan fingerprint density at radius 2 is 1.43 bits per heavy atom. The summed E-state index contributed by atoms with van der Waals surface area (Å²) in [4.78, 5) is 0. The zero-order valence-corrected chi connectivity index (χ0v) is 6.25. The normalized spacial score (nSPS) is 14.0. The monoisotopic (exact) mass is 119 g/mol. The number of rotatable bonds is 0. The summed E-state index contributed by atoms with van der Waals surface area (Å²) in [6.45, 7) is 7.69. The topological polar surface area (TPSA) is 17.1 Å². The molecule has 2 heteroatoms. The predicted octanol–water partition coefficient (Wildman–Crippen LogP) is 2.24. The molecule has 0 fully saturated rings. The van der Waals surface area contributed by atoms with Crippen LogP contribution in [0.5, 0.6) is 0 Å². The fourth-order valence-corrected chi connectivity index (χ4v) is 0. The van der Waals surface area contributed by atoms with E-state index >= 15 is 0 Å². The molecule has 0 spiro atoms. The summed E-state index contributed by atoms with van der Waals surface area (Å²) in [5.74, 6) is 0. The molecule has 1 nitrogen and oxygen atoms in total. The van der Waals surface area contributed by atoms with Gasteiger partial charge in [-0.1, -0.05) is 20.8 Å². The van der Waals surface area contributed by atoms with E-state index in [-0.39, 0.29) is 5.16 Å². The molecule has 0 N–H and O–H groups in total. The summed E-state index contributed by atoms with van der Waals surface area (Å²) in [5.41, 5.74) is 0. The van der Waals surface area contributed by atoms with Crippen molar-refractivity contribution in [2.45, 2.75) is 25.9 Å². The fourth-order valence-electron chi connectivity index (χ4n) is 0. The molecule has 0 saturated heterocycles. The molecule has 1 radical (unpaired) electrons. The van der Waals surface area contributed by atoms with Gasteiger partial charge in [-0.25, -0.2) is 0 Å². The Morgan fingerprint density at radius 3 is 1.43 bits per heavy atom. The molecule has 0 aromatic rings. The van der Waals surface area contributed by atoms with Gasteiger partial charge in [0.1, 0.15) is 0 Å². The van der Waals surface area contributed by atoms with Crippen molar-refractivity contribution in [1.82, 2.24) is 0 Å². The van der Waals surface area contributed by atoms with E-state index in [1.807, 2.05) is 20.8 Å². The zero-order chi connectivity index (χ0) is 6.08. The molecule has 0 aliphatic carbocycles. The third-order valence-electron chi connectivity index (χ3n) is 0.945. The Morgan fingerprint density at radius 1 is 1.29 bits per heavy atom. The van der Waals surface area contributed by atoms with E-state index in [0.29, 0.717) is 0 Å². The lowest BCUT2D eigenvalue weighted by Crippen LogP contribution is -2.05. The highest BCUT2D eigenvalue weighted by Crippen LogP contribution is 2.33. The fraction of sp³-hybridized carbons (Fsp3) is 1.00. The van der Waals surface area contributed by atoms with Crippen LogP contribution in [-0.2, 0) is 4.57 Å². The van der Waals surface area contributed by atoms with E-state index in [2.05, 4.69) is 0 Å². The first-order valence-electron chi connectivity index (χ1n) is 2.35. The van der Waals surface area contributed by atoms with Crippen LogP contribution in [0, 0.1) is 0 Å². The molecule has 0 aliphatic heterocycles. The van der Waals surface area contributed by atoms with Crippen molar-refractivity contribution in [2.24, 2.45) is 0 Å². The molecule has 0 saturated carbocycles. The Balaban J connectivity index is 3.79. The lowest BCUT2D eigenvalue weighted by atomic mass is 10.3. The Hall–Kier alpha value is 0.100. The van der Waals surface area contributed by atoms with Gasteiger partial charge in [-0.05, 0) is 0 Å². The van der Waals surface area contributed by atoms with Gasteiger partial charge in [0, 0.05) is 11.8 Å². The molecule has 0 aromatic heterocycles. The smallest absolute Gasteiger partial charge is 0.0741 e. The second-order valence-corrected chi connectivity index (χ2v) is 5.00. The van der Waals surface area contributed by atoms with Gasteiger partial charge in [0.25, 0.3) is 0 Å². The van der Waals surface area contributed by atoms with Gasteiger partial charge in [-0.15, -0.1) is 0 Å². The molecule has 0 aliphatic rings. The average Bonchev–Trinajstić information content (AvgIpc) is 1.31. The van der Waals surface area contributed by atoms with Crippen LogP contribution in [-0.4, -0.2) is 11.8 Å². The second-order valence-electron chi connectivity index (χ2n) is 2.67. The minimum absolute atomic E-state index is 0.00926. The van der Waals surface area contributed by atoms with E-state index in [0.717, 1.165) is 0 Å². The minimum atomic E-state index is -0.992. The number of hydrogen-bond donors (Lipinski definition) is 0. The summed E-state index contributed by atoms with van der Waals surface area (Å²) in [5, 5.41) is 0.00926. The predicted molar refractivity (Wildman–Crippen MR) is 33.3 cm³/mol. The van der Waals surface area contributed by atoms with E-state index in [1.54, 1.807) is 6.66 Å². The summed E-state index contributed by atoms with van der Waals surface area (Å²) in [7, 11) is -0.992. The van der Waals surface area contributed by atoms with Crippen molar-refractivity contribution in [3.63, 3.8) is 0 Å². The third-order valence-corrected chi connectivity index (χ3v) is 2.83. The van der Waals surface area contributed by atoms with Gasteiger partial charge < -0.3 is 0 Å². The van der Waals surface area contributed by atoms with Crippen molar-refractivity contribution in [3.8, 4) is 0 Å². The van der Waals surface area contributed by atoms with Gasteiger partial charge >= 0.3 is 0 Å². The molecule has 0 amide bonds. The highest BCUT2D eigenvalue weighted by Gasteiger charge is 2.13. The quantitative estimate of drug-likeness (QED) is 0.447. The van der Waals surface area contributed by atoms with Crippen LogP contribution >= 0.6 is 7.80 Å². The first-order chi connectivity index (χ1) is 2.94. The van der Waals surface area contributed by atoms with Crippen molar-refractivity contribution in [3.05, 3.63) is 0 Å². The van der Waals surface area contributed by atoms with E-state index in [4.69, 9.17) is 0 Å².